The van der Waals surface area contributed by atoms with E-state index in [1.54, 1.807) is 5.38 Å². The Morgan fingerprint density at radius 3 is 2.65 bits per heavy atom. The molecule has 0 bridgehead atoms. The van der Waals surface area contributed by atoms with Crippen molar-refractivity contribution in [3.63, 3.8) is 0 Å². The molecule has 1 aromatic carbocycles. The number of hydrogen-bond donors (Lipinski definition) is 3. The molecule has 0 saturated heterocycles. The number of carboxylic acid groups (broad SMARTS) is 1. The second-order valence-electron chi connectivity index (χ2n) is 6.05. The number of nitrogens with one attached hydrogen (secondary N) is 1. The van der Waals surface area contributed by atoms with E-state index >= 15 is 0 Å². The van der Waals surface area contributed by atoms with Gasteiger partial charge in [-0.05, 0) is 42.5 Å². The average molecular weight is 376 g/mol. The zero-order valence-electron chi connectivity index (χ0n) is 13.7. The molecule has 6 nitrogen and oxygen atoms in total. The fourth-order valence-electron chi connectivity index (χ4n) is 3.00. The molecular formula is C18H17FN2O4S. The Morgan fingerprint density at radius 2 is 2.00 bits per heavy atom. The molecule has 1 aliphatic carbocycles. The third-order valence-corrected chi connectivity index (χ3v) is 5.39. The molecule has 136 valence electrons. The number of fused-ring (bicyclic) bond motifs is 1. The van der Waals surface area contributed by atoms with Gasteiger partial charge in [-0.15, -0.1) is 11.3 Å². The zero-order chi connectivity index (χ0) is 18.7. The van der Waals surface area contributed by atoms with Crippen molar-refractivity contribution in [1.29, 1.82) is 0 Å². The van der Waals surface area contributed by atoms with Crippen LogP contribution in [0.15, 0.2) is 34.8 Å². The van der Waals surface area contributed by atoms with Crippen LogP contribution < -0.4 is 5.32 Å². The van der Waals surface area contributed by atoms with Gasteiger partial charge in [0.2, 0.25) is 0 Å². The summed E-state index contributed by atoms with van der Waals surface area (Å²) in [4.78, 5) is 24.9. The quantitative estimate of drug-likeness (QED) is 0.552. The maximum absolute atomic E-state index is 13.0. The molecule has 0 fully saturated rings. The highest BCUT2D eigenvalue weighted by molar-refractivity contribution is 7.12. The molecule has 3 rings (SSSR count). The van der Waals surface area contributed by atoms with Gasteiger partial charge in [0, 0.05) is 11.8 Å². The standard InChI is InChI=1S/C18H17FN2O4S/c19-11-6-4-10(5-7-11)8-15(18(23)24)20-17(22)13-9-26-16-12(13)2-1-3-14(16)21-25/h4-7,9,15,25H,1-3,8H2,(H,20,22)(H,23,24)/b21-14+. The third kappa shape index (κ3) is 3.75. The topological polar surface area (TPSA) is 99.0 Å². The Labute approximate surface area is 153 Å². The Balaban J connectivity index is 1.78. The molecule has 3 N–H and O–H groups in total. The van der Waals surface area contributed by atoms with Gasteiger partial charge in [-0.3, -0.25) is 4.79 Å². The molecule has 0 aliphatic heterocycles. The van der Waals surface area contributed by atoms with Crippen LogP contribution in [0.3, 0.4) is 0 Å². The number of carbonyl (C=O) groups is 2. The van der Waals surface area contributed by atoms with Crippen LogP contribution in [0.4, 0.5) is 4.39 Å². The van der Waals surface area contributed by atoms with Gasteiger partial charge < -0.3 is 15.6 Å². The zero-order valence-corrected chi connectivity index (χ0v) is 14.6. The number of carbonyl (C=O) groups excluding carboxylic acids is 1. The van der Waals surface area contributed by atoms with Crippen molar-refractivity contribution in [1.82, 2.24) is 5.32 Å². The molecule has 1 aliphatic rings. The number of hydrogen-bond acceptors (Lipinski definition) is 5. The van der Waals surface area contributed by atoms with E-state index in [1.807, 2.05) is 0 Å². The van der Waals surface area contributed by atoms with Gasteiger partial charge >= 0.3 is 5.97 Å². The summed E-state index contributed by atoms with van der Waals surface area (Å²) in [5.41, 5.74) is 2.37. The maximum Gasteiger partial charge on any atom is 0.326 e. The number of aliphatic carboxylic acids is 1. The van der Waals surface area contributed by atoms with Crippen molar-refractivity contribution in [3.05, 3.63) is 57.0 Å². The fraction of sp³-hybridized carbons (Fsp3) is 0.278. The molecule has 1 aromatic heterocycles. The van der Waals surface area contributed by atoms with Gasteiger partial charge in [0.15, 0.2) is 0 Å². The first-order valence-electron chi connectivity index (χ1n) is 8.09. The lowest BCUT2D eigenvalue weighted by molar-refractivity contribution is -0.139. The average Bonchev–Trinajstić information content (AvgIpc) is 3.07. The predicted molar refractivity (Wildman–Crippen MR) is 94.6 cm³/mol. The molecule has 1 atom stereocenters. The largest absolute Gasteiger partial charge is 0.480 e. The number of nitrogens with zero attached hydrogens (tertiary/aromatic N) is 1. The van der Waals surface area contributed by atoms with Crippen LogP contribution in [-0.2, 0) is 17.6 Å². The van der Waals surface area contributed by atoms with E-state index in [0.717, 1.165) is 16.9 Å². The van der Waals surface area contributed by atoms with Crippen molar-refractivity contribution in [3.8, 4) is 0 Å². The van der Waals surface area contributed by atoms with Crippen molar-refractivity contribution < 1.29 is 24.3 Å². The van der Waals surface area contributed by atoms with Crippen LogP contribution in [0.1, 0.15) is 39.2 Å². The molecule has 0 spiro atoms. The molecule has 8 heteroatoms. The summed E-state index contributed by atoms with van der Waals surface area (Å²) in [5, 5.41) is 26.0. The fourth-order valence-corrected chi connectivity index (χ4v) is 4.12. The summed E-state index contributed by atoms with van der Waals surface area (Å²) in [6.45, 7) is 0. The molecule has 1 amide bonds. The highest BCUT2D eigenvalue weighted by Gasteiger charge is 2.27. The van der Waals surface area contributed by atoms with Gasteiger partial charge in [-0.25, -0.2) is 9.18 Å². The summed E-state index contributed by atoms with van der Waals surface area (Å²) in [6.07, 6.45) is 2.14. The van der Waals surface area contributed by atoms with Gasteiger partial charge in [0.1, 0.15) is 11.9 Å². The van der Waals surface area contributed by atoms with Crippen LogP contribution in [0.5, 0.6) is 0 Å². The third-order valence-electron chi connectivity index (χ3n) is 4.32. The van der Waals surface area contributed by atoms with Crippen LogP contribution in [0.25, 0.3) is 0 Å². The number of carboxylic acids is 1. The normalized spacial score (nSPS) is 16.1. The summed E-state index contributed by atoms with van der Waals surface area (Å²) in [7, 11) is 0. The first kappa shape index (κ1) is 18.1. The summed E-state index contributed by atoms with van der Waals surface area (Å²) in [6, 6.07) is 4.36. The molecule has 1 unspecified atom stereocenters. The predicted octanol–water partition coefficient (Wildman–Crippen LogP) is 2.83. The van der Waals surface area contributed by atoms with Crippen LogP contribution in [-0.4, -0.2) is 33.9 Å². The van der Waals surface area contributed by atoms with Gasteiger partial charge in [-0.1, -0.05) is 17.3 Å². The summed E-state index contributed by atoms with van der Waals surface area (Å²) >= 11 is 1.31. The number of amides is 1. The van der Waals surface area contributed by atoms with E-state index in [2.05, 4.69) is 10.5 Å². The van der Waals surface area contributed by atoms with E-state index in [9.17, 15) is 19.1 Å². The molecule has 1 heterocycles. The van der Waals surface area contributed by atoms with Gasteiger partial charge in [0.05, 0.1) is 16.2 Å². The van der Waals surface area contributed by atoms with Crippen molar-refractivity contribution in [2.24, 2.45) is 5.16 Å². The van der Waals surface area contributed by atoms with E-state index < -0.39 is 23.7 Å². The first-order chi connectivity index (χ1) is 12.5. The highest BCUT2D eigenvalue weighted by atomic mass is 32.1. The van der Waals surface area contributed by atoms with Crippen molar-refractivity contribution >= 4 is 28.9 Å². The lowest BCUT2D eigenvalue weighted by Crippen LogP contribution is -2.42. The summed E-state index contributed by atoms with van der Waals surface area (Å²) < 4.78 is 13.0. The molecule has 26 heavy (non-hydrogen) atoms. The number of rotatable bonds is 5. The highest BCUT2D eigenvalue weighted by Crippen LogP contribution is 2.30. The van der Waals surface area contributed by atoms with Crippen LogP contribution in [0, 0.1) is 5.82 Å². The lowest BCUT2D eigenvalue weighted by atomic mass is 9.94. The van der Waals surface area contributed by atoms with E-state index in [-0.39, 0.29) is 6.42 Å². The minimum Gasteiger partial charge on any atom is -0.480 e. The monoisotopic (exact) mass is 376 g/mol. The molecule has 0 radical (unpaired) electrons. The van der Waals surface area contributed by atoms with Crippen LogP contribution in [0.2, 0.25) is 0 Å². The number of benzene rings is 1. The van der Waals surface area contributed by atoms with Crippen molar-refractivity contribution in [2.75, 3.05) is 0 Å². The Kier molecular flexibility index (Phi) is 5.32. The number of thiophene rings is 1. The number of halogens is 1. The molecule has 2 aromatic rings. The first-order valence-corrected chi connectivity index (χ1v) is 8.97. The van der Waals surface area contributed by atoms with E-state index in [1.165, 1.54) is 35.6 Å². The van der Waals surface area contributed by atoms with E-state index in [0.29, 0.717) is 29.7 Å². The minimum absolute atomic E-state index is 0.0526. The smallest absolute Gasteiger partial charge is 0.326 e. The second-order valence-corrected chi connectivity index (χ2v) is 6.93. The van der Waals surface area contributed by atoms with Gasteiger partial charge in [0.25, 0.3) is 5.91 Å². The second kappa shape index (κ2) is 7.65. The Hall–Kier alpha value is -2.74. The summed E-state index contributed by atoms with van der Waals surface area (Å²) in [5.74, 6) is -2.04. The minimum atomic E-state index is -1.16. The SMILES string of the molecule is O=C(NC(Cc1ccc(F)cc1)C(=O)O)c1csc2c1CCC/C2=N\O. The molecular weight excluding hydrogens is 359 g/mol. The molecule has 0 saturated carbocycles. The van der Waals surface area contributed by atoms with Crippen LogP contribution >= 0.6 is 11.3 Å². The number of oxime groups is 1. The maximum atomic E-state index is 13.0. The lowest BCUT2D eigenvalue weighted by Gasteiger charge is -2.17. The van der Waals surface area contributed by atoms with Crippen molar-refractivity contribution in [2.45, 2.75) is 31.7 Å². The van der Waals surface area contributed by atoms with E-state index in [4.69, 9.17) is 5.21 Å². The Morgan fingerprint density at radius 1 is 1.27 bits per heavy atom. The Bertz CT molecular complexity index is 861. The van der Waals surface area contributed by atoms with Gasteiger partial charge in [-0.2, -0.15) is 0 Å².